The van der Waals surface area contributed by atoms with E-state index in [1.807, 2.05) is 0 Å². The zero-order valence-electron chi connectivity index (χ0n) is 27.7. The number of ether oxygens (including phenoxy) is 2. The highest BCUT2D eigenvalue weighted by atomic mass is 19.1. The standard InChI is InChI=1S/C36H43F2N3O7/c1-5-46-34(44)31-29(24-8-6-7-9-28(24)47-31)27-18-25(20-14-16-23(38)17-15-20)30(32(39)42)41(27)33(43)22-12-10-21(11-13-22)26(19-37)40-35(45)48-36(2,3)4/h6-9,14-17,21-22,25-27,30H,5,10-13,18-19H2,1-4H3,(H2,39,42)(H,40,45)/t21?,22?,25-,26?,27?,30-/m0/s1. The molecule has 48 heavy (non-hydrogen) atoms. The quantitative estimate of drug-likeness (QED) is 0.254. The van der Waals surface area contributed by atoms with Crippen molar-refractivity contribution in [1.82, 2.24) is 10.2 Å². The minimum atomic E-state index is -1.11. The normalized spacial score (nSPS) is 23.5. The summed E-state index contributed by atoms with van der Waals surface area (Å²) in [4.78, 5) is 55.0. The highest BCUT2D eigenvalue weighted by Gasteiger charge is 2.51. The molecule has 2 heterocycles. The number of hydrogen-bond acceptors (Lipinski definition) is 7. The van der Waals surface area contributed by atoms with Gasteiger partial charge in [0.05, 0.1) is 18.7 Å². The molecule has 10 nitrogen and oxygen atoms in total. The third-order valence-corrected chi connectivity index (χ3v) is 9.32. The number of esters is 1. The summed E-state index contributed by atoms with van der Waals surface area (Å²) < 4.78 is 44.7. The van der Waals surface area contributed by atoms with Crippen LogP contribution in [0.4, 0.5) is 13.6 Å². The van der Waals surface area contributed by atoms with Gasteiger partial charge in [0, 0.05) is 22.8 Å². The lowest BCUT2D eigenvalue weighted by Crippen LogP contribution is -2.50. The number of carbonyl (C=O) groups excluding carboxylic acids is 4. The fraction of sp³-hybridized carbons (Fsp3) is 0.500. The Bertz CT molecular complexity index is 1640. The van der Waals surface area contributed by atoms with Gasteiger partial charge in [0.1, 0.15) is 29.7 Å². The number of primary amides is 1. The van der Waals surface area contributed by atoms with Crippen LogP contribution in [-0.4, -0.2) is 59.7 Å². The summed E-state index contributed by atoms with van der Waals surface area (Å²) in [6.07, 6.45) is 1.16. The van der Waals surface area contributed by atoms with Crippen molar-refractivity contribution in [3.05, 3.63) is 71.2 Å². The van der Waals surface area contributed by atoms with Gasteiger partial charge in [0.2, 0.25) is 17.6 Å². The molecule has 2 unspecified atom stereocenters. The Kier molecular flexibility index (Phi) is 10.4. The molecule has 0 radical (unpaired) electrons. The Hall–Kier alpha value is -4.48. The predicted octanol–water partition coefficient (Wildman–Crippen LogP) is 6.33. The van der Waals surface area contributed by atoms with Gasteiger partial charge in [0.25, 0.3) is 0 Å². The second-order valence-electron chi connectivity index (χ2n) is 13.6. The van der Waals surface area contributed by atoms with E-state index in [2.05, 4.69) is 5.32 Å². The van der Waals surface area contributed by atoms with E-state index in [0.29, 0.717) is 47.8 Å². The molecule has 1 saturated carbocycles. The number of benzene rings is 2. The van der Waals surface area contributed by atoms with Gasteiger partial charge in [-0.25, -0.2) is 18.4 Å². The van der Waals surface area contributed by atoms with Crippen molar-refractivity contribution in [2.75, 3.05) is 13.3 Å². The fourth-order valence-electron chi connectivity index (χ4n) is 7.25. The van der Waals surface area contributed by atoms with Gasteiger partial charge in [-0.15, -0.1) is 0 Å². The number of alkyl halides is 1. The second-order valence-corrected chi connectivity index (χ2v) is 13.6. The van der Waals surface area contributed by atoms with Crippen LogP contribution in [-0.2, 0) is 19.1 Å². The molecule has 2 fully saturated rings. The summed E-state index contributed by atoms with van der Waals surface area (Å²) in [5.74, 6) is -3.66. The Morgan fingerprint density at radius 1 is 1.04 bits per heavy atom. The van der Waals surface area contributed by atoms with Crippen molar-refractivity contribution in [2.45, 2.75) is 89.4 Å². The largest absolute Gasteiger partial charge is 0.460 e. The van der Waals surface area contributed by atoms with Crippen LogP contribution in [0.3, 0.4) is 0 Å². The van der Waals surface area contributed by atoms with Gasteiger partial charge >= 0.3 is 12.1 Å². The van der Waals surface area contributed by atoms with Crippen LogP contribution >= 0.6 is 0 Å². The first-order valence-electron chi connectivity index (χ1n) is 16.4. The lowest BCUT2D eigenvalue weighted by molar-refractivity contribution is -0.144. The summed E-state index contributed by atoms with van der Waals surface area (Å²) >= 11 is 0. The summed E-state index contributed by atoms with van der Waals surface area (Å²) in [5, 5.41) is 3.23. The minimum absolute atomic E-state index is 0.0634. The predicted molar refractivity (Wildman–Crippen MR) is 173 cm³/mol. The minimum Gasteiger partial charge on any atom is -0.460 e. The van der Waals surface area contributed by atoms with Crippen LogP contribution in [0.2, 0.25) is 0 Å². The van der Waals surface area contributed by atoms with E-state index in [1.54, 1.807) is 64.1 Å². The molecule has 3 amide bonds. The van der Waals surface area contributed by atoms with Crippen molar-refractivity contribution in [3.63, 3.8) is 0 Å². The Balaban J connectivity index is 1.49. The number of nitrogens with two attached hydrogens (primary N) is 1. The average molecular weight is 668 g/mol. The molecular weight excluding hydrogens is 624 g/mol. The van der Waals surface area contributed by atoms with Crippen LogP contribution in [0.1, 0.15) is 93.4 Å². The summed E-state index contributed by atoms with van der Waals surface area (Å²) in [5.41, 5.74) is 6.76. The first-order valence-corrected chi connectivity index (χ1v) is 16.4. The van der Waals surface area contributed by atoms with Crippen LogP contribution in [0.5, 0.6) is 0 Å². The van der Waals surface area contributed by atoms with Gasteiger partial charge in [-0.1, -0.05) is 30.3 Å². The van der Waals surface area contributed by atoms with E-state index in [1.165, 1.54) is 17.0 Å². The maximum atomic E-state index is 14.6. The van der Waals surface area contributed by atoms with Crippen molar-refractivity contribution < 1.29 is 41.8 Å². The second kappa shape index (κ2) is 14.3. The van der Waals surface area contributed by atoms with Crippen molar-refractivity contribution in [1.29, 1.82) is 0 Å². The molecule has 2 aromatic carbocycles. The van der Waals surface area contributed by atoms with Gasteiger partial charge in [-0.05, 0) is 89.5 Å². The number of fused-ring (bicyclic) bond motifs is 1. The molecule has 4 atom stereocenters. The fourth-order valence-corrected chi connectivity index (χ4v) is 7.25. The lowest BCUT2D eigenvalue weighted by Gasteiger charge is -2.37. The first-order chi connectivity index (χ1) is 22.8. The van der Waals surface area contributed by atoms with Crippen LogP contribution in [0, 0.1) is 17.7 Å². The van der Waals surface area contributed by atoms with Crippen LogP contribution in [0.15, 0.2) is 52.9 Å². The number of nitrogens with zero attached hydrogens (tertiary/aromatic N) is 1. The molecule has 1 aliphatic heterocycles. The molecule has 258 valence electrons. The maximum absolute atomic E-state index is 14.6. The van der Waals surface area contributed by atoms with Crippen molar-refractivity contribution >= 4 is 34.8 Å². The lowest BCUT2D eigenvalue weighted by atomic mass is 9.78. The van der Waals surface area contributed by atoms with E-state index in [0.717, 1.165) is 0 Å². The van der Waals surface area contributed by atoms with E-state index < -0.39 is 66.0 Å². The molecule has 12 heteroatoms. The molecule has 5 rings (SSSR count). The molecule has 1 aromatic heterocycles. The van der Waals surface area contributed by atoms with E-state index in [-0.39, 0.29) is 30.6 Å². The molecular formula is C36H43F2N3O7. The van der Waals surface area contributed by atoms with E-state index in [4.69, 9.17) is 19.6 Å². The zero-order chi connectivity index (χ0) is 34.7. The SMILES string of the molecule is CCOC(=O)c1oc2ccccc2c1C1C[C@@H](c2ccc(F)cc2)[C@@H](C(N)=O)N1C(=O)C1CCC(C(CF)NC(=O)OC(C)(C)C)CC1. The number of furan rings is 1. The van der Waals surface area contributed by atoms with Crippen molar-refractivity contribution in [3.8, 4) is 0 Å². The Morgan fingerprint density at radius 2 is 1.71 bits per heavy atom. The molecule has 0 spiro atoms. The summed E-state index contributed by atoms with van der Waals surface area (Å²) in [7, 11) is 0. The third kappa shape index (κ3) is 7.32. The van der Waals surface area contributed by atoms with Gasteiger partial charge in [-0.3, -0.25) is 9.59 Å². The van der Waals surface area contributed by atoms with Gasteiger partial charge in [-0.2, -0.15) is 0 Å². The average Bonchev–Trinajstić information content (AvgIpc) is 3.62. The van der Waals surface area contributed by atoms with Gasteiger partial charge < -0.3 is 29.8 Å². The molecule has 3 aromatic rings. The topological polar surface area (TPSA) is 141 Å². The number of amides is 3. The molecule has 2 aliphatic rings. The van der Waals surface area contributed by atoms with E-state index >= 15 is 0 Å². The number of alkyl carbamates (subject to hydrolysis) is 1. The highest BCUT2D eigenvalue weighted by molar-refractivity contribution is 5.98. The first kappa shape index (κ1) is 34.8. The number of halogens is 2. The Morgan fingerprint density at radius 3 is 2.31 bits per heavy atom. The molecule has 3 N–H and O–H groups in total. The molecule has 0 bridgehead atoms. The summed E-state index contributed by atoms with van der Waals surface area (Å²) in [6, 6.07) is 10.1. The van der Waals surface area contributed by atoms with E-state index in [9.17, 15) is 28.0 Å². The number of nitrogens with one attached hydrogen (secondary N) is 1. The summed E-state index contributed by atoms with van der Waals surface area (Å²) in [6.45, 7) is 6.15. The van der Waals surface area contributed by atoms with Crippen molar-refractivity contribution in [2.24, 2.45) is 17.6 Å². The van der Waals surface area contributed by atoms with Crippen LogP contribution in [0.25, 0.3) is 11.0 Å². The zero-order valence-corrected chi connectivity index (χ0v) is 27.7. The molecule has 1 saturated heterocycles. The molecule has 1 aliphatic carbocycles. The third-order valence-electron chi connectivity index (χ3n) is 9.32. The monoisotopic (exact) mass is 667 g/mol. The van der Waals surface area contributed by atoms with Crippen LogP contribution < -0.4 is 11.1 Å². The van der Waals surface area contributed by atoms with Gasteiger partial charge in [0.15, 0.2) is 0 Å². The number of hydrogen-bond donors (Lipinski definition) is 2. The number of likely N-dealkylation sites (tertiary alicyclic amines) is 1. The Labute approximate surface area is 278 Å². The smallest absolute Gasteiger partial charge is 0.407 e. The number of carbonyl (C=O) groups is 4. The number of rotatable bonds is 9. The highest BCUT2D eigenvalue weighted by Crippen LogP contribution is 2.50. The number of para-hydroxylation sites is 1. The maximum Gasteiger partial charge on any atom is 0.407 e.